The predicted octanol–water partition coefficient (Wildman–Crippen LogP) is 1.38. The first-order valence-corrected chi connectivity index (χ1v) is 7.72. The van der Waals surface area contributed by atoms with Gasteiger partial charge in [0.2, 0.25) is 10.0 Å². The molecule has 2 N–H and O–H groups in total. The molecule has 1 aliphatic rings. The Morgan fingerprint density at radius 3 is 2.74 bits per heavy atom. The minimum absolute atomic E-state index is 0. The Morgan fingerprint density at radius 1 is 1.42 bits per heavy atom. The van der Waals surface area contributed by atoms with Crippen molar-refractivity contribution in [2.45, 2.75) is 17.4 Å². The fourth-order valence-electron chi connectivity index (χ4n) is 1.83. The van der Waals surface area contributed by atoms with Crippen LogP contribution in [-0.4, -0.2) is 27.5 Å². The van der Waals surface area contributed by atoms with Gasteiger partial charge in [-0.25, -0.2) is 13.1 Å². The van der Waals surface area contributed by atoms with Crippen LogP contribution in [-0.2, 0) is 10.0 Å². The maximum Gasteiger partial charge on any atom is 0.240 e. The Bertz CT molecular complexity index is 594. The van der Waals surface area contributed by atoms with Crippen molar-refractivity contribution in [1.29, 1.82) is 5.26 Å². The second kappa shape index (κ2) is 6.68. The first-order valence-electron chi connectivity index (χ1n) is 5.45. The largest absolute Gasteiger partial charge is 0.315 e. The van der Waals surface area contributed by atoms with Crippen molar-refractivity contribution >= 4 is 38.4 Å². The number of rotatable bonds is 3. The monoisotopic (exact) mass is 365 g/mol. The fraction of sp³-hybridized carbons (Fsp3) is 0.364. The normalized spacial score (nSPS) is 18.6. The summed E-state index contributed by atoms with van der Waals surface area (Å²) in [5.41, 5.74) is 0.314. The molecule has 1 unspecified atom stereocenters. The van der Waals surface area contributed by atoms with E-state index in [9.17, 15) is 8.42 Å². The van der Waals surface area contributed by atoms with Crippen LogP contribution in [0.5, 0.6) is 0 Å². The molecule has 1 aromatic rings. The molecular formula is C11H13BrClN3O2S. The molecule has 1 heterocycles. The van der Waals surface area contributed by atoms with Gasteiger partial charge in [0.25, 0.3) is 0 Å². The molecule has 5 nitrogen and oxygen atoms in total. The molecular weight excluding hydrogens is 354 g/mol. The Labute approximate surface area is 127 Å². The first kappa shape index (κ1) is 16.4. The van der Waals surface area contributed by atoms with Gasteiger partial charge in [0.1, 0.15) is 0 Å². The minimum atomic E-state index is -3.57. The highest BCUT2D eigenvalue weighted by Gasteiger charge is 2.23. The van der Waals surface area contributed by atoms with Crippen LogP contribution in [0.1, 0.15) is 12.0 Å². The summed E-state index contributed by atoms with van der Waals surface area (Å²) in [6.45, 7) is 1.45. The molecule has 0 amide bonds. The third-order valence-electron chi connectivity index (χ3n) is 2.69. The van der Waals surface area contributed by atoms with Crippen LogP contribution in [0.15, 0.2) is 27.6 Å². The van der Waals surface area contributed by atoms with E-state index in [4.69, 9.17) is 5.26 Å². The zero-order chi connectivity index (χ0) is 13.2. The summed E-state index contributed by atoms with van der Waals surface area (Å²) in [5.74, 6) is 0. The highest BCUT2D eigenvalue weighted by Crippen LogP contribution is 2.19. The summed E-state index contributed by atoms with van der Waals surface area (Å²) in [7, 11) is -3.57. The van der Waals surface area contributed by atoms with E-state index in [0.717, 1.165) is 13.0 Å². The molecule has 2 rings (SSSR count). The minimum Gasteiger partial charge on any atom is -0.315 e. The lowest BCUT2D eigenvalue weighted by molar-refractivity contribution is 0.560. The molecule has 19 heavy (non-hydrogen) atoms. The van der Waals surface area contributed by atoms with E-state index >= 15 is 0 Å². The van der Waals surface area contributed by atoms with Crippen molar-refractivity contribution < 1.29 is 8.42 Å². The molecule has 0 aromatic heterocycles. The second-order valence-electron chi connectivity index (χ2n) is 4.10. The van der Waals surface area contributed by atoms with Crippen LogP contribution in [0.25, 0.3) is 0 Å². The molecule has 1 aliphatic heterocycles. The van der Waals surface area contributed by atoms with Gasteiger partial charge in [0.15, 0.2) is 0 Å². The summed E-state index contributed by atoms with van der Waals surface area (Å²) in [6, 6.07) is 6.30. The maximum atomic E-state index is 12.1. The van der Waals surface area contributed by atoms with E-state index < -0.39 is 10.0 Å². The van der Waals surface area contributed by atoms with E-state index in [2.05, 4.69) is 26.0 Å². The summed E-state index contributed by atoms with van der Waals surface area (Å²) >= 11 is 3.20. The number of nitrogens with zero attached hydrogens (tertiary/aromatic N) is 1. The van der Waals surface area contributed by atoms with E-state index in [0.29, 0.717) is 16.6 Å². The molecule has 0 radical (unpaired) electrons. The number of halogens is 2. The Hall–Kier alpha value is -0.650. The molecule has 1 fully saturated rings. The number of sulfonamides is 1. The van der Waals surface area contributed by atoms with Gasteiger partial charge >= 0.3 is 0 Å². The number of benzene rings is 1. The molecule has 0 aliphatic carbocycles. The average Bonchev–Trinajstić information content (AvgIpc) is 2.80. The molecule has 8 heteroatoms. The second-order valence-corrected chi connectivity index (χ2v) is 6.73. The van der Waals surface area contributed by atoms with Gasteiger partial charge in [-0.05, 0) is 31.2 Å². The Kier molecular flexibility index (Phi) is 5.77. The third kappa shape index (κ3) is 4.16. The van der Waals surface area contributed by atoms with Crippen molar-refractivity contribution in [3.63, 3.8) is 0 Å². The van der Waals surface area contributed by atoms with Crippen LogP contribution in [0.2, 0.25) is 0 Å². The molecule has 0 spiro atoms. The van der Waals surface area contributed by atoms with Gasteiger partial charge in [-0.1, -0.05) is 15.9 Å². The first-order chi connectivity index (χ1) is 8.51. The zero-order valence-corrected chi connectivity index (χ0v) is 13.1. The van der Waals surface area contributed by atoms with Gasteiger partial charge < -0.3 is 5.32 Å². The highest BCUT2D eigenvalue weighted by molar-refractivity contribution is 9.10. The average molecular weight is 367 g/mol. The van der Waals surface area contributed by atoms with E-state index in [-0.39, 0.29) is 23.3 Å². The van der Waals surface area contributed by atoms with Gasteiger partial charge in [-0.15, -0.1) is 12.4 Å². The number of nitriles is 1. The maximum absolute atomic E-state index is 12.1. The van der Waals surface area contributed by atoms with Crippen LogP contribution in [0.3, 0.4) is 0 Å². The third-order valence-corrected chi connectivity index (χ3v) is 4.65. The van der Waals surface area contributed by atoms with Crippen molar-refractivity contribution in [2.75, 3.05) is 13.1 Å². The standard InChI is InChI=1S/C11H12BrN3O2S.ClH/c12-9-3-8(6-13)4-11(5-9)18(16,17)15-10-1-2-14-7-10;/h3-5,10,14-15H,1-2,7H2;1H. The summed E-state index contributed by atoms with van der Waals surface area (Å²) in [6.07, 6.45) is 0.776. The molecule has 1 atom stereocenters. The summed E-state index contributed by atoms with van der Waals surface area (Å²) in [5, 5.41) is 11.9. The van der Waals surface area contributed by atoms with E-state index in [1.807, 2.05) is 6.07 Å². The molecule has 1 aromatic carbocycles. The number of hydrogen-bond donors (Lipinski definition) is 2. The quantitative estimate of drug-likeness (QED) is 0.847. The van der Waals surface area contributed by atoms with Gasteiger partial charge in [-0.3, -0.25) is 0 Å². The van der Waals surface area contributed by atoms with Crippen molar-refractivity contribution in [1.82, 2.24) is 10.0 Å². The van der Waals surface area contributed by atoms with Crippen LogP contribution in [0, 0.1) is 11.3 Å². The molecule has 104 valence electrons. The zero-order valence-electron chi connectivity index (χ0n) is 9.89. The summed E-state index contributed by atoms with van der Waals surface area (Å²) in [4.78, 5) is 0.111. The van der Waals surface area contributed by atoms with Crippen molar-refractivity contribution in [3.8, 4) is 6.07 Å². The Morgan fingerprint density at radius 2 is 2.16 bits per heavy atom. The Balaban J connectivity index is 0.00000180. The van der Waals surface area contributed by atoms with Crippen LogP contribution >= 0.6 is 28.3 Å². The topological polar surface area (TPSA) is 82.0 Å². The van der Waals surface area contributed by atoms with Crippen molar-refractivity contribution in [3.05, 3.63) is 28.2 Å². The van der Waals surface area contributed by atoms with Crippen LogP contribution in [0.4, 0.5) is 0 Å². The lowest BCUT2D eigenvalue weighted by Crippen LogP contribution is -2.36. The van der Waals surface area contributed by atoms with E-state index in [1.54, 1.807) is 6.07 Å². The number of hydrogen-bond acceptors (Lipinski definition) is 4. The van der Waals surface area contributed by atoms with Crippen LogP contribution < -0.4 is 10.0 Å². The van der Waals surface area contributed by atoms with Crippen molar-refractivity contribution in [2.24, 2.45) is 0 Å². The lowest BCUT2D eigenvalue weighted by atomic mass is 10.2. The molecule has 1 saturated heterocycles. The highest BCUT2D eigenvalue weighted by atomic mass is 79.9. The fourth-order valence-corrected chi connectivity index (χ4v) is 3.81. The molecule has 0 bridgehead atoms. The van der Waals surface area contributed by atoms with E-state index in [1.165, 1.54) is 12.1 Å². The molecule has 0 saturated carbocycles. The van der Waals surface area contributed by atoms with Gasteiger partial charge in [0, 0.05) is 17.1 Å². The summed E-state index contributed by atoms with van der Waals surface area (Å²) < 4.78 is 27.5. The predicted molar refractivity (Wildman–Crippen MR) is 77.7 cm³/mol. The lowest BCUT2D eigenvalue weighted by Gasteiger charge is -2.12. The van der Waals surface area contributed by atoms with Gasteiger partial charge in [0.05, 0.1) is 16.5 Å². The smallest absolute Gasteiger partial charge is 0.240 e. The SMILES string of the molecule is Cl.N#Cc1cc(Br)cc(S(=O)(=O)NC2CCNC2)c1. The van der Waals surface area contributed by atoms with Gasteiger partial charge in [-0.2, -0.15) is 5.26 Å². The number of nitrogens with one attached hydrogen (secondary N) is 2.